The maximum absolute atomic E-state index is 10.8. The summed E-state index contributed by atoms with van der Waals surface area (Å²) in [4.78, 5) is 1.55. The number of hydrazine groups is 1. The molecule has 76 valence electrons. The third kappa shape index (κ3) is 2.84. The Bertz CT molecular complexity index is 411. The normalized spacial score (nSPS) is 10.9. The number of rotatable bonds is 4. The van der Waals surface area contributed by atoms with E-state index in [-0.39, 0.29) is 5.75 Å². The van der Waals surface area contributed by atoms with E-state index in [1.165, 1.54) is 12.1 Å². The number of hydrogen-bond acceptors (Lipinski definition) is 4. The van der Waals surface area contributed by atoms with Crippen molar-refractivity contribution in [3.8, 4) is 5.75 Å². The Balaban J connectivity index is 2.84. The van der Waals surface area contributed by atoms with Gasteiger partial charge in [0.1, 0.15) is 5.75 Å². The van der Waals surface area contributed by atoms with Gasteiger partial charge in [0.15, 0.2) is 0 Å². The molecule has 0 aliphatic heterocycles. The van der Waals surface area contributed by atoms with Crippen molar-refractivity contribution in [2.24, 2.45) is 5.84 Å². The number of benzene rings is 1. The maximum atomic E-state index is 10.8. The molecule has 5 nitrogen and oxygen atoms in total. The van der Waals surface area contributed by atoms with Gasteiger partial charge in [-0.3, -0.25) is 5.84 Å². The van der Waals surface area contributed by atoms with Crippen LogP contribution in [-0.2, 0) is 10.3 Å². The summed E-state index contributed by atoms with van der Waals surface area (Å²) in [5.74, 6) is 4.92. The Morgan fingerprint density at radius 2 is 1.93 bits per heavy atom. The van der Waals surface area contributed by atoms with Crippen molar-refractivity contribution < 1.29 is 12.6 Å². The fourth-order valence-electron chi connectivity index (χ4n) is 0.810. The summed E-state index contributed by atoms with van der Waals surface area (Å²) in [7, 11) is -3.89. The van der Waals surface area contributed by atoms with Crippen molar-refractivity contribution >= 4 is 16.4 Å². The third-order valence-corrected chi connectivity index (χ3v) is 2.17. The summed E-state index contributed by atoms with van der Waals surface area (Å²) >= 11 is 0. The van der Waals surface area contributed by atoms with Crippen LogP contribution in [0.25, 0.3) is 6.08 Å². The van der Waals surface area contributed by atoms with Crippen molar-refractivity contribution in [1.29, 1.82) is 0 Å². The average molecular weight is 214 g/mol. The number of hydrogen-bond donors (Lipinski definition) is 2. The minimum Gasteiger partial charge on any atom is -0.370 e. The second-order valence-corrected chi connectivity index (χ2v) is 3.74. The quantitative estimate of drug-likeness (QED) is 0.562. The minimum atomic E-state index is -3.89. The van der Waals surface area contributed by atoms with Crippen LogP contribution in [-0.4, -0.2) is 8.42 Å². The van der Waals surface area contributed by atoms with Gasteiger partial charge in [-0.25, -0.2) is 0 Å². The molecule has 0 aromatic heterocycles. The molecular formula is C8H10N2O3S. The molecule has 3 N–H and O–H groups in total. The van der Waals surface area contributed by atoms with Crippen molar-refractivity contribution in [3.63, 3.8) is 0 Å². The molecule has 0 saturated carbocycles. The second kappa shape index (κ2) is 4.23. The van der Waals surface area contributed by atoms with Crippen LogP contribution < -0.4 is 14.9 Å². The molecule has 6 heteroatoms. The van der Waals surface area contributed by atoms with Crippen LogP contribution in [0.4, 0.5) is 0 Å². The van der Waals surface area contributed by atoms with E-state index in [9.17, 15) is 8.42 Å². The van der Waals surface area contributed by atoms with Crippen LogP contribution in [0.1, 0.15) is 5.56 Å². The minimum absolute atomic E-state index is 0.188. The van der Waals surface area contributed by atoms with E-state index in [1.54, 1.807) is 23.0 Å². The summed E-state index contributed by atoms with van der Waals surface area (Å²) in [6.45, 7) is 3.56. The topological polar surface area (TPSA) is 81.4 Å². The van der Waals surface area contributed by atoms with Crippen molar-refractivity contribution in [2.75, 3.05) is 0 Å². The van der Waals surface area contributed by atoms with Crippen molar-refractivity contribution in [2.45, 2.75) is 0 Å². The number of nitrogens with one attached hydrogen (secondary N) is 1. The molecule has 0 aliphatic rings. The molecule has 1 aromatic rings. The Kier molecular flexibility index (Phi) is 3.23. The van der Waals surface area contributed by atoms with E-state index < -0.39 is 10.3 Å². The monoisotopic (exact) mass is 214 g/mol. The van der Waals surface area contributed by atoms with Crippen LogP contribution >= 0.6 is 0 Å². The zero-order chi connectivity index (χ0) is 10.6. The number of nitrogens with two attached hydrogens (primary N) is 1. The SMILES string of the molecule is C=Cc1ccc(OS(=O)(=O)NN)cc1. The van der Waals surface area contributed by atoms with Crippen LogP contribution in [0.5, 0.6) is 5.75 Å². The highest BCUT2D eigenvalue weighted by Crippen LogP contribution is 2.13. The van der Waals surface area contributed by atoms with Crippen LogP contribution in [0.2, 0.25) is 0 Å². The average Bonchev–Trinajstić information content (AvgIpc) is 2.19. The van der Waals surface area contributed by atoms with E-state index in [4.69, 9.17) is 5.84 Å². The molecule has 1 aromatic carbocycles. The molecule has 0 radical (unpaired) electrons. The van der Waals surface area contributed by atoms with E-state index in [2.05, 4.69) is 10.8 Å². The predicted molar refractivity (Wildman–Crippen MR) is 53.4 cm³/mol. The summed E-state index contributed by atoms with van der Waals surface area (Å²) in [5, 5.41) is 0. The van der Waals surface area contributed by atoms with Crippen LogP contribution in [0.3, 0.4) is 0 Å². The first-order valence-corrected chi connectivity index (χ1v) is 5.12. The standard InChI is InChI=1S/C8H10N2O3S/c1-2-7-3-5-8(6-4-7)13-14(11,12)10-9/h2-6,10H,1,9H2. The van der Waals surface area contributed by atoms with E-state index in [1.807, 2.05) is 0 Å². The van der Waals surface area contributed by atoms with Gasteiger partial charge in [0.05, 0.1) is 0 Å². The highest BCUT2D eigenvalue weighted by molar-refractivity contribution is 7.85. The first-order valence-electron chi connectivity index (χ1n) is 3.72. The molecule has 1 rings (SSSR count). The zero-order valence-corrected chi connectivity index (χ0v) is 8.12. The summed E-state index contributed by atoms with van der Waals surface area (Å²) in [6.07, 6.45) is 1.64. The predicted octanol–water partition coefficient (Wildman–Crippen LogP) is 0.417. The van der Waals surface area contributed by atoms with Gasteiger partial charge in [0, 0.05) is 0 Å². The summed E-state index contributed by atoms with van der Waals surface area (Å²) in [6, 6.07) is 6.36. The molecule has 0 aliphatic carbocycles. The molecule has 0 spiro atoms. The lowest BCUT2D eigenvalue weighted by molar-refractivity contribution is 0.473. The van der Waals surface area contributed by atoms with Gasteiger partial charge >= 0.3 is 10.3 Å². The molecular weight excluding hydrogens is 204 g/mol. The Morgan fingerprint density at radius 1 is 1.36 bits per heavy atom. The van der Waals surface area contributed by atoms with Crippen molar-refractivity contribution in [1.82, 2.24) is 4.83 Å². The molecule has 0 fully saturated rings. The fourth-order valence-corrected chi connectivity index (χ4v) is 1.22. The van der Waals surface area contributed by atoms with Gasteiger partial charge in [0.2, 0.25) is 0 Å². The maximum Gasteiger partial charge on any atom is 0.395 e. The molecule has 0 saturated heterocycles. The van der Waals surface area contributed by atoms with Crippen molar-refractivity contribution in [3.05, 3.63) is 36.4 Å². The van der Waals surface area contributed by atoms with E-state index >= 15 is 0 Å². The molecule has 14 heavy (non-hydrogen) atoms. The first-order chi connectivity index (χ1) is 6.57. The first kappa shape index (κ1) is 10.7. The zero-order valence-electron chi connectivity index (χ0n) is 7.30. The fraction of sp³-hybridized carbons (Fsp3) is 0. The lowest BCUT2D eigenvalue weighted by Crippen LogP contribution is -2.33. The molecule has 0 heterocycles. The van der Waals surface area contributed by atoms with Gasteiger partial charge < -0.3 is 4.18 Å². The molecule has 0 amide bonds. The van der Waals surface area contributed by atoms with Gasteiger partial charge in [-0.05, 0) is 17.7 Å². The van der Waals surface area contributed by atoms with Crippen LogP contribution in [0.15, 0.2) is 30.8 Å². The summed E-state index contributed by atoms with van der Waals surface area (Å²) in [5.41, 5.74) is 0.871. The largest absolute Gasteiger partial charge is 0.395 e. The van der Waals surface area contributed by atoms with E-state index in [0.29, 0.717) is 0 Å². The Hall–Kier alpha value is -1.37. The van der Waals surface area contributed by atoms with E-state index in [0.717, 1.165) is 5.56 Å². The summed E-state index contributed by atoms with van der Waals surface area (Å²) < 4.78 is 26.2. The highest BCUT2D eigenvalue weighted by atomic mass is 32.2. The Labute approximate surface area is 82.4 Å². The third-order valence-electron chi connectivity index (χ3n) is 1.47. The molecule has 0 atom stereocenters. The van der Waals surface area contributed by atoms with Gasteiger partial charge in [-0.1, -0.05) is 24.8 Å². The highest BCUT2D eigenvalue weighted by Gasteiger charge is 2.08. The van der Waals surface area contributed by atoms with Gasteiger partial charge in [-0.2, -0.15) is 8.42 Å². The molecule has 0 bridgehead atoms. The smallest absolute Gasteiger partial charge is 0.370 e. The van der Waals surface area contributed by atoms with Crippen LogP contribution in [0, 0.1) is 0 Å². The van der Waals surface area contributed by atoms with Gasteiger partial charge in [-0.15, -0.1) is 4.83 Å². The second-order valence-electron chi connectivity index (χ2n) is 2.43. The molecule has 0 unspecified atom stereocenters. The van der Waals surface area contributed by atoms with Gasteiger partial charge in [0.25, 0.3) is 0 Å². The Morgan fingerprint density at radius 3 is 2.36 bits per heavy atom. The lowest BCUT2D eigenvalue weighted by atomic mass is 10.2. The lowest BCUT2D eigenvalue weighted by Gasteiger charge is -2.04.